The van der Waals surface area contributed by atoms with Crippen molar-refractivity contribution >= 4 is 0 Å². The van der Waals surface area contributed by atoms with Crippen molar-refractivity contribution in [3.63, 3.8) is 0 Å². The monoisotopic (exact) mass is 251 g/mol. The number of likely N-dealkylation sites (N-methyl/N-ethyl adjacent to an activating group) is 1. The van der Waals surface area contributed by atoms with E-state index in [0.29, 0.717) is 23.8 Å². The van der Waals surface area contributed by atoms with E-state index in [-0.39, 0.29) is 0 Å². The predicted octanol–water partition coefficient (Wildman–Crippen LogP) is 2.93. The van der Waals surface area contributed by atoms with Crippen LogP contribution in [0.1, 0.15) is 64.6 Å². The molecule has 102 valence electrons. The summed E-state index contributed by atoms with van der Waals surface area (Å²) >= 11 is 0. The Bertz CT molecular complexity index is 388. The zero-order valence-corrected chi connectivity index (χ0v) is 12.1. The Morgan fingerprint density at radius 3 is 2.56 bits per heavy atom. The molecule has 1 aliphatic carbocycles. The molecule has 18 heavy (non-hydrogen) atoms. The molecule has 4 atom stereocenters. The Balaban J connectivity index is 2.12. The third-order valence-corrected chi connectivity index (χ3v) is 3.97. The summed E-state index contributed by atoms with van der Waals surface area (Å²) in [6, 6.07) is 0.361. The average Bonchev–Trinajstić information content (AvgIpc) is 2.84. The van der Waals surface area contributed by atoms with Crippen LogP contribution in [0.25, 0.3) is 0 Å². The Kier molecular flexibility index (Phi) is 4.05. The quantitative estimate of drug-likeness (QED) is 0.844. The van der Waals surface area contributed by atoms with Gasteiger partial charge in [0.25, 0.3) is 0 Å². The number of rotatable bonds is 6. The van der Waals surface area contributed by atoms with Crippen LogP contribution in [0.5, 0.6) is 0 Å². The Labute approximate surface area is 110 Å². The largest absolute Gasteiger partial charge is 0.339 e. The number of aromatic nitrogens is 2. The number of hydrogen-bond acceptors (Lipinski definition) is 4. The van der Waals surface area contributed by atoms with E-state index >= 15 is 0 Å². The highest BCUT2D eigenvalue weighted by Crippen LogP contribution is 2.45. The molecule has 0 saturated heterocycles. The van der Waals surface area contributed by atoms with Crippen LogP contribution in [-0.2, 0) is 0 Å². The second-order valence-corrected chi connectivity index (χ2v) is 5.93. The molecule has 0 bridgehead atoms. The molecule has 0 aromatic carbocycles. The van der Waals surface area contributed by atoms with Crippen LogP contribution in [0, 0.1) is 11.8 Å². The number of nitrogens with zero attached hydrogens (tertiary/aromatic N) is 2. The maximum atomic E-state index is 5.50. The van der Waals surface area contributed by atoms with Gasteiger partial charge in [-0.15, -0.1) is 0 Å². The molecule has 0 aliphatic heterocycles. The van der Waals surface area contributed by atoms with Gasteiger partial charge >= 0.3 is 0 Å². The van der Waals surface area contributed by atoms with Crippen molar-refractivity contribution in [2.24, 2.45) is 11.8 Å². The van der Waals surface area contributed by atoms with Gasteiger partial charge in [0.2, 0.25) is 5.89 Å². The highest BCUT2D eigenvalue weighted by molar-refractivity contribution is 5.10. The first-order valence-corrected chi connectivity index (χ1v) is 7.11. The smallest absolute Gasteiger partial charge is 0.231 e. The van der Waals surface area contributed by atoms with E-state index in [1.807, 2.05) is 0 Å². The van der Waals surface area contributed by atoms with Crippen molar-refractivity contribution in [1.29, 1.82) is 0 Å². The second kappa shape index (κ2) is 5.39. The van der Waals surface area contributed by atoms with Crippen LogP contribution >= 0.6 is 0 Å². The molecule has 2 rings (SSSR count). The zero-order chi connectivity index (χ0) is 13.3. The van der Waals surface area contributed by atoms with Gasteiger partial charge in [-0.2, -0.15) is 4.98 Å². The van der Waals surface area contributed by atoms with Crippen LogP contribution < -0.4 is 5.32 Å². The molecule has 1 N–H and O–H groups in total. The molecule has 0 spiro atoms. The van der Waals surface area contributed by atoms with Crippen molar-refractivity contribution in [1.82, 2.24) is 15.5 Å². The van der Waals surface area contributed by atoms with Gasteiger partial charge in [-0.1, -0.05) is 32.9 Å². The lowest BCUT2D eigenvalue weighted by molar-refractivity contribution is 0.280. The van der Waals surface area contributed by atoms with Gasteiger partial charge in [0.1, 0.15) is 0 Å². The van der Waals surface area contributed by atoms with Gasteiger partial charge in [-0.25, -0.2) is 0 Å². The highest BCUT2D eigenvalue weighted by atomic mass is 16.5. The minimum atomic E-state index is 0.292. The first-order chi connectivity index (χ1) is 8.54. The third kappa shape index (κ3) is 2.74. The fourth-order valence-corrected chi connectivity index (χ4v) is 2.74. The summed E-state index contributed by atoms with van der Waals surface area (Å²) in [6.45, 7) is 11.9. The Morgan fingerprint density at radius 1 is 1.39 bits per heavy atom. The normalized spacial score (nSPS) is 26.3. The molecule has 4 unspecified atom stereocenters. The Hall–Kier alpha value is -0.900. The molecule has 1 heterocycles. The van der Waals surface area contributed by atoms with Crippen LogP contribution in [0.3, 0.4) is 0 Å². The van der Waals surface area contributed by atoms with Crippen molar-refractivity contribution in [2.45, 2.75) is 58.9 Å². The fourth-order valence-electron chi connectivity index (χ4n) is 2.74. The van der Waals surface area contributed by atoms with E-state index < -0.39 is 0 Å². The molecule has 1 fully saturated rings. The molecular weight excluding hydrogens is 226 g/mol. The standard InChI is InChI=1S/C14H25N3O/c1-6-15-10(5)12(8(2)3)14-16-13(17-18-14)11-7-9(11)4/h8-12,15H,6-7H2,1-5H3. The summed E-state index contributed by atoms with van der Waals surface area (Å²) in [5.41, 5.74) is 0. The van der Waals surface area contributed by atoms with Gasteiger partial charge in [0, 0.05) is 12.0 Å². The van der Waals surface area contributed by atoms with Crippen molar-refractivity contribution in [2.75, 3.05) is 6.54 Å². The van der Waals surface area contributed by atoms with Crippen molar-refractivity contribution < 1.29 is 4.52 Å². The summed E-state index contributed by atoms with van der Waals surface area (Å²) in [5.74, 6) is 3.74. The number of nitrogens with one attached hydrogen (secondary N) is 1. The van der Waals surface area contributed by atoms with Gasteiger partial charge in [-0.3, -0.25) is 0 Å². The summed E-state index contributed by atoms with van der Waals surface area (Å²) in [6.07, 6.45) is 1.20. The molecular formula is C14H25N3O. The second-order valence-electron chi connectivity index (χ2n) is 5.93. The van der Waals surface area contributed by atoms with Gasteiger partial charge in [0.15, 0.2) is 5.82 Å². The third-order valence-electron chi connectivity index (χ3n) is 3.97. The first kappa shape index (κ1) is 13.5. The van der Waals surface area contributed by atoms with E-state index in [4.69, 9.17) is 4.52 Å². The minimum absolute atomic E-state index is 0.292. The molecule has 1 saturated carbocycles. The molecule has 1 aromatic heterocycles. The minimum Gasteiger partial charge on any atom is -0.339 e. The lowest BCUT2D eigenvalue weighted by Crippen LogP contribution is -2.34. The summed E-state index contributed by atoms with van der Waals surface area (Å²) < 4.78 is 5.50. The molecule has 0 amide bonds. The molecule has 0 radical (unpaired) electrons. The van der Waals surface area contributed by atoms with Gasteiger partial charge in [-0.05, 0) is 31.7 Å². The molecule has 1 aliphatic rings. The van der Waals surface area contributed by atoms with Crippen LogP contribution in [0.2, 0.25) is 0 Å². The van der Waals surface area contributed by atoms with Crippen LogP contribution in [0.15, 0.2) is 4.52 Å². The first-order valence-electron chi connectivity index (χ1n) is 7.11. The number of hydrogen-bond donors (Lipinski definition) is 1. The fraction of sp³-hybridized carbons (Fsp3) is 0.857. The Morgan fingerprint density at radius 2 is 2.06 bits per heavy atom. The van der Waals surface area contributed by atoms with Gasteiger partial charge in [0.05, 0.1) is 5.92 Å². The lowest BCUT2D eigenvalue weighted by Gasteiger charge is -2.24. The maximum absolute atomic E-state index is 5.50. The van der Waals surface area contributed by atoms with E-state index in [0.717, 1.165) is 24.2 Å². The van der Waals surface area contributed by atoms with E-state index in [1.165, 1.54) is 6.42 Å². The van der Waals surface area contributed by atoms with Crippen molar-refractivity contribution in [3.8, 4) is 0 Å². The van der Waals surface area contributed by atoms with Gasteiger partial charge < -0.3 is 9.84 Å². The summed E-state index contributed by atoms with van der Waals surface area (Å²) in [5, 5.41) is 7.62. The van der Waals surface area contributed by atoms with Crippen LogP contribution in [0.4, 0.5) is 0 Å². The van der Waals surface area contributed by atoms with Crippen LogP contribution in [-0.4, -0.2) is 22.7 Å². The maximum Gasteiger partial charge on any atom is 0.231 e. The topological polar surface area (TPSA) is 51.0 Å². The highest BCUT2D eigenvalue weighted by Gasteiger charge is 2.39. The summed E-state index contributed by atoms with van der Waals surface area (Å²) in [4.78, 5) is 4.63. The molecule has 1 aromatic rings. The summed E-state index contributed by atoms with van der Waals surface area (Å²) in [7, 11) is 0. The van der Waals surface area contributed by atoms with E-state index in [9.17, 15) is 0 Å². The molecule has 4 nitrogen and oxygen atoms in total. The SMILES string of the molecule is CCNC(C)C(c1nc(C2CC2C)no1)C(C)C. The average molecular weight is 251 g/mol. The lowest BCUT2D eigenvalue weighted by atomic mass is 9.89. The van der Waals surface area contributed by atoms with E-state index in [1.54, 1.807) is 0 Å². The zero-order valence-electron chi connectivity index (χ0n) is 12.1. The predicted molar refractivity (Wildman–Crippen MR) is 71.5 cm³/mol. The van der Waals surface area contributed by atoms with Crippen molar-refractivity contribution in [3.05, 3.63) is 11.7 Å². The van der Waals surface area contributed by atoms with E-state index in [2.05, 4.69) is 50.1 Å². The molecule has 4 heteroatoms.